The molecule has 0 aliphatic heterocycles. The number of H-pyrrole nitrogens is 1. The van der Waals surface area contributed by atoms with Crippen molar-refractivity contribution in [1.29, 1.82) is 0 Å². The highest BCUT2D eigenvalue weighted by Gasteiger charge is 2.35. The molecule has 2 heterocycles. The predicted molar refractivity (Wildman–Crippen MR) is 64.9 cm³/mol. The van der Waals surface area contributed by atoms with Gasteiger partial charge in [-0.1, -0.05) is 12.2 Å². The maximum atomic E-state index is 12.9. The van der Waals surface area contributed by atoms with E-state index in [-0.39, 0.29) is 4.64 Å². The molecule has 0 aromatic carbocycles. The molecule has 0 unspecified atom stereocenters. The van der Waals surface area contributed by atoms with Crippen LogP contribution in [0.15, 0.2) is 30.6 Å². The van der Waals surface area contributed by atoms with Gasteiger partial charge in [-0.25, -0.2) is 0 Å². The van der Waals surface area contributed by atoms with Gasteiger partial charge in [-0.3, -0.25) is 4.98 Å². The van der Waals surface area contributed by atoms with Crippen LogP contribution in [-0.2, 0) is 12.4 Å². The summed E-state index contributed by atoms with van der Waals surface area (Å²) in [6, 6.07) is 1.90. The summed E-state index contributed by atoms with van der Waals surface area (Å²) in [7, 11) is 0. The van der Waals surface area contributed by atoms with E-state index < -0.39 is 34.7 Å². The van der Waals surface area contributed by atoms with Crippen LogP contribution in [-0.4, -0.2) is 9.97 Å². The molecule has 2 aromatic heterocycles. The van der Waals surface area contributed by atoms with Crippen LogP contribution >= 0.6 is 12.2 Å². The minimum absolute atomic E-state index is 0.322. The summed E-state index contributed by atoms with van der Waals surface area (Å²) < 4.78 is 76.4. The Morgan fingerprint density at radius 2 is 1.67 bits per heavy atom. The molecule has 0 spiro atoms. The van der Waals surface area contributed by atoms with E-state index in [1.807, 2.05) is 0 Å². The van der Waals surface area contributed by atoms with Crippen molar-refractivity contribution in [2.75, 3.05) is 0 Å². The van der Waals surface area contributed by atoms with E-state index in [0.29, 0.717) is 18.2 Å². The first-order valence-corrected chi connectivity index (χ1v) is 5.83. The number of hydrogen-bond acceptors (Lipinski definition) is 2. The fourth-order valence-corrected chi connectivity index (χ4v) is 1.95. The fourth-order valence-electron chi connectivity index (χ4n) is 1.71. The molecule has 2 rings (SSSR count). The summed E-state index contributed by atoms with van der Waals surface area (Å²) in [5, 5.41) is 0. The number of rotatable bonds is 1. The second-order valence-electron chi connectivity index (χ2n) is 4.06. The second-order valence-corrected chi connectivity index (χ2v) is 4.50. The Morgan fingerprint density at radius 1 is 1.00 bits per heavy atom. The van der Waals surface area contributed by atoms with Crippen molar-refractivity contribution in [2.45, 2.75) is 12.4 Å². The zero-order chi connectivity index (χ0) is 15.8. The number of hydrogen-bond donors (Lipinski definition) is 1. The maximum Gasteiger partial charge on any atom is 0.417 e. The van der Waals surface area contributed by atoms with Crippen LogP contribution in [0.3, 0.4) is 0 Å². The molecule has 0 bridgehead atoms. The first-order chi connectivity index (χ1) is 9.59. The van der Waals surface area contributed by atoms with Crippen LogP contribution in [0.25, 0.3) is 11.3 Å². The van der Waals surface area contributed by atoms with Crippen LogP contribution in [0, 0.1) is 4.64 Å². The maximum absolute atomic E-state index is 12.9. The molecule has 1 N–H and O–H groups in total. The van der Waals surface area contributed by atoms with Gasteiger partial charge >= 0.3 is 12.4 Å². The number of pyridine rings is 2. The third-order valence-electron chi connectivity index (χ3n) is 2.59. The van der Waals surface area contributed by atoms with Crippen LogP contribution in [0.2, 0.25) is 0 Å². The minimum atomic E-state index is -4.72. The fraction of sp³-hybridized carbons (Fsp3) is 0.167. The monoisotopic (exact) mass is 324 g/mol. The Balaban J connectivity index is 2.69. The number of nitrogens with one attached hydrogen (secondary N) is 1. The molecular weight excluding hydrogens is 318 g/mol. The Labute approximate surface area is 119 Å². The van der Waals surface area contributed by atoms with E-state index in [1.165, 1.54) is 0 Å². The van der Waals surface area contributed by atoms with E-state index in [1.54, 1.807) is 0 Å². The SMILES string of the molecule is FC(F)(F)c1cc(-c2cnccc2C(F)(F)F)[nH]c(=S)c1. The van der Waals surface area contributed by atoms with E-state index in [2.05, 4.69) is 22.2 Å². The molecule has 0 amide bonds. The van der Waals surface area contributed by atoms with Gasteiger partial charge in [0, 0.05) is 23.7 Å². The molecule has 9 heteroatoms. The normalized spacial score (nSPS) is 12.5. The lowest BCUT2D eigenvalue weighted by atomic mass is 10.0. The van der Waals surface area contributed by atoms with E-state index in [9.17, 15) is 26.3 Å². The molecule has 112 valence electrons. The third kappa shape index (κ3) is 3.41. The van der Waals surface area contributed by atoms with Gasteiger partial charge in [-0.15, -0.1) is 0 Å². The van der Waals surface area contributed by atoms with Crippen molar-refractivity contribution in [3.05, 3.63) is 46.4 Å². The number of alkyl halides is 6. The molecule has 21 heavy (non-hydrogen) atoms. The Morgan fingerprint density at radius 3 is 2.24 bits per heavy atom. The van der Waals surface area contributed by atoms with Crippen molar-refractivity contribution in [3.63, 3.8) is 0 Å². The minimum Gasteiger partial charge on any atom is -0.346 e. The number of halogens is 6. The molecule has 0 atom stereocenters. The molecule has 0 saturated heterocycles. The van der Waals surface area contributed by atoms with Crippen LogP contribution in [0.4, 0.5) is 26.3 Å². The summed E-state index contributed by atoms with van der Waals surface area (Å²) in [5.41, 5.74) is -3.11. The molecule has 2 aromatic rings. The van der Waals surface area contributed by atoms with Crippen molar-refractivity contribution in [2.24, 2.45) is 0 Å². The summed E-state index contributed by atoms with van der Waals surface area (Å²) in [6.07, 6.45) is -7.68. The molecule has 2 nitrogen and oxygen atoms in total. The standard InChI is InChI=1S/C12H6F6N2S/c13-11(14,15)6-3-9(20-10(21)4-6)7-5-19-2-1-8(7)12(16,17)18/h1-5H,(H,20,21). The van der Waals surface area contributed by atoms with Crippen molar-refractivity contribution in [3.8, 4) is 11.3 Å². The van der Waals surface area contributed by atoms with Crippen molar-refractivity contribution >= 4 is 12.2 Å². The van der Waals surface area contributed by atoms with Gasteiger partial charge in [0.25, 0.3) is 0 Å². The van der Waals surface area contributed by atoms with E-state index >= 15 is 0 Å². The van der Waals surface area contributed by atoms with Crippen molar-refractivity contribution in [1.82, 2.24) is 9.97 Å². The van der Waals surface area contributed by atoms with Gasteiger partial charge in [-0.05, 0) is 18.2 Å². The summed E-state index contributed by atoms with van der Waals surface area (Å²) in [6.45, 7) is 0. The molecular formula is C12H6F6N2S. The lowest BCUT2D eigenvalue weighted by Crippen LogP contribution is -2.09. The van der Waals surface area contributed by atoms with E-state index in [4.69, 9.17) is 0 Å². The largest absolute Gasteiger partial charge is 0.417 e. The Hall–Kier alpha value is -1.90. The molecule has 0 radical (unpaired) electrons. The Bertz CT molecular complexity index is 717. The lowest BCUT2D eigenvalue weighted by Gasteiger charge is -2.14. The van der Waals surface area contributed by atoms with Crippen LogP contribution < -0.4 is 0 Å². The molecule has 0 fully saturated rings. The highest BCUT2D eigenvalue weighted by atomic mass is 32.1. The van der Waals surface area contributed by atoms with Gasteiger partial charge in [0.15, 0.2) is 0 Å². The average Bonchev–Trinajstić information content (AvgIpc) is 2.36. The smallest absolute Gasteiger partial charge is 0.346 e. The summed E-state index contributed by atoms with van der Waals surface area (Å²) >= 11 is 4.64. The highest BCUT2D eigenvalue weighted by Crippen LogP contribution is 2.37. The topological polar surface area (TPSA) is 28.7 Å². The van der Waals surface area contributed by atoms with E-state index in [0.717, 1.165) is 12.4 Å². The predicted octanol–water partition coefficient (Wildman–Crippen LogP) is 4.84. The zero-order valence-corrected chi connectivity index (χ0v) is 10.8. The molecule has 0 saturated carbocycles. The lowest BCUT2D eigenvalue weighted by molar-refractivity contribution is -0.137. The number of aromatic nitrogens is 2. The van der Waals surface area contributed by atoms with Crippen LogP contribution in [0.1, 0.15) is 11.1 Å². The molecule has 0 aliphatic carbocycles. The Kier molecular flexibility index (Phi) is 3.79. The van der Waals surface area contributed by atoms with Gasteiger partial charge < -0.3 is 4.98 Å². The van der Waals surface area contributed by atoms with Gasteiger partial charge in [0.1, 0.15) is 4.64 Å². The zero-order valence-electron chi connectivity index (χ0n) is 10.0. The van der Waals surface area contributed by atoms with Crippen molar-refractivity contribution < 1.29 is 26.3 Å². The quantitative estimate of drug-likeness (QED) is 0.600. The number of nitrogens with zero attached hydrogens (tertiary/aromatic N) is 1. The first kappa shape index (κ1) is 15.5. The highest BCUT2D eigenvalue weighted by molar-refractivity contribution is 7.71. The average molecular weight is 324 g/mol. The molecule has 0 aliphatic rings. The first-order valence-electron chi connectivity index (χ1n) is 5.42. The second kappa shape index (κ2) is 5.14. The van der Waals surface area contributed by atoms with Crippen LogP contribution in [0.5, 0.6) is 0 Å². The van der Waals surface area contributed by atoms with Gasteiger partial charge in [0.2, 0.25) is 0 Å². The summed E-state index contributed by atoms with van der Waals surface area (Å²) in [5.74, 6) is 0. The van der Waals surface area contributed by atoms with Gasteiger partial charge in [0.05, 0.1) is 11.1 Å². The third-order valence-corrected chi connectivity index (χ3v) is 2.81. The van der Waals surface area contributed by atoms with Gasteiger partial charge in [-0.2, -0.15) is 26.3 Å². The summed E-state index contributed by atoms with van der Waals surface area (Å²) in [4.78, 5) is 5.84. The number of aromatic amines is 1.